The lowest BCUT2D eigenvalue weighted by Crippen LogP contribution is -2.27. The molecule has 5 aromatic carbocycles. The first-order valence-corrected chi connectivity index (χ1v) is 13.3. The lowest BCUT2D eigenvalue weighted by Gasteiger charge is -2.35. The second-order valence-electron chi connectivity index (χ2n) is 10.3. The Hall–Kier alpha value is -4.82. The van der Waals surface area contributed by atoms with Gasteiger partial charge >= 0.3 is 0 Å². The Morgan fingerprint density at radius 2 is 1.03 bits per heavy atom. The molecule has 1 aliphatic carbocycles. The standard InChI is InChI=1S/C36H26N2/c1-2-10-24(11-3-1)25-20-22-36(23-21-25,30-16-8-14-28-26-12-4-6-18-32(26)37-34(28)30)31-17-9-15-29-27-13-5-7-19-33(27)38-35(29)31/h1-22,37-38H,23H2. The Balaban J connectivity index is 1.43. The molecule has 0 atom stereocenters. The number of hydrogen-bond donors (Lipinski definition) is 2. The van der Waals surface area contributed by atoms with E-state index in [1.807, 2.05) is 0 Å². The Morgan fingerprint density at radius 1 is 0.500 bits per heavy atom. The number of nitrogens with one attached hydrogen (secondary N) is 2. The molecule has 0 fully saturated rings. The molecule has 1 aliphatic rings. The average Bonchev–Trinajstić information content (AvgIpc) is 3.56. The van der Waals surface area contributed by atoms with Gasteiger partial charge in [-0.05, 0) is 40.8 Å². The van der Waals surface area contributed by atoms with E-state index in [1.54, 1.807) is 0 Å². The van der Waals surface area contributed by atoms with Crippen LogP contribution in [0, 0.1) is 0 Å². The maximum absolute atomic E-state index is 3.79. The van der Waals surface area contributed by atoms with Crippen molar-refractivity contribution in [2.75, 3.05) is 0 Å². The third-order valence-electron chi connectivity index (χ3n) is 8.34. The summed E-state index contributed by atoms with van der Waals surface area (Å²) < 4.78 is 0. The number of allylic oxidation sites excluding steroid dienone is 4. The van der Waals surface area contributed by atoms with Crippen LogP contribution in [0.4, 0.5) is 0 Å². The van der Waals surface area contributed by atoms with Crippen LogP contribution < -0.4 is 0 Å². The summed E-state index contributed by atoms with van der Waals surface area (Å²) in [7, 11) is 0. The maximum atomic E-state index is 3.79. The van der Waals surface area contributed by atoms with Gasteiger partial charge in [-0.25, -0.2) is 0 Å². The molecule has 2 N–H and O–H groups in total. The highest BCUT2D eigenvalue weighted by atomic mass is 14.7. The molecule has 2 heteroatoms. The van der Waals surface area contributed by atoms with Gasteiger partial charge < -0.3 is 9.97 Å². The second kappa shape index (κ2) is 8.09. The van der Waals surface area contributed by atoms with Crippen molar-refractivity contribution < 1.29 is 0 Å². The van der Waals surface area contributed by atoms with Gasteiger partial charge in [0.25, 0.3) is 0 Å². The van der Waals surface area contributed by atoms with Crippen LogP contribution in [0.3, 0.4) is 0 Å². The van der Waals surface area contributed by atoms with Gasteiger partial charge in [0.2, 0.25) is 0 Å². The van der Waals surface area contributed by atoms with E-state index in [1.165, 1.54) is 65.9 Å². The first kappa shape index (κ1) is 21.3. The first-order valence-electron chi connectivity index (χ1n) is 13.3. The second-order valence-corrected chi connectivity index (χ2v) is 10.3. The Kier molecular flexibility index (Phi) is 4.53. The molecule has 0 aliphatic heterocycles. The zero-order valence-corrected chi connectivity index (χ0v) is 20.9. The van der Waals surface area contributed by atoms with Crippen molar-refractivity contribution in [2.24, 2.45) is 0 Å². The Labute approximate surface area is 220 Å². The van der Waals surface area contributed by atoms with Crippen molar-refractivity contribution in [1.29, 1.82) is 0 Å². The van der Waals surface area contributed by atoms with E-state index in [0.717, 1.165) is 6.42 Å². The fourth-order valence-corrected chi connectivity index (χ4v) is 6.52. The van der Waals surface area contributed by atoms with E-state index in [4.69, 9.17) is 0 Å². The minimum atomic E-state index is -0.334. The Bertz CT molecular complexity index is 1940. The van der Waals surface area contributed by atoms with Crippen molar-refractivity contribution in [1.82, 2.24) is 9.97 Å². The molecule has 2 aromatic heterocycles. The summed E-state index contributed by atoms with van der Waals surface area (Å²) in [5, 5.41) is 5.08. The molecule has 0 radical (unpaired) electrons. The van der Waals surface area contributed by atoms with E-state index in [-0.39, 0.29) is 5.41 Å². The van der Waals surface area contributed by atoms with Crippen molar-refractivity contribution >= 4 is 49.2 Å². The summed E-state index contributed by atoms with van der Waals surface area (Å²) in [6, 6.07) is 41.5. The quantitative estimate of drug-likeness (QED) is 0.249. The van der Waals surface area contributed by atoms with E-state index < -0.39 is 0 Å². The topological polar surface area (TPSA) is 31.6 Å². The molecule has 2 heterocycles. The third-order valence-corrected chi connectivity index (χ3v) is 8.34. The van der Waals surface area contributed by atoms with Crippen LogP contribution in [0.2, 0.25) is 0 Å². The Morgan fingerprint density at radius 3 is 1.58 bits per heavy atom. The number of aromatic amines is 2. The molecule has 0 saturated heterocycles. The number of aromatic nitrogens is 2. The summed E-state index contributed by atoms with van der Waals surface area (Å²) in [5.74, 6) is 0. The van der Waals surface area contributed by atoms with Gasteiger partial charge in [0.05, 0.1) is 11.0 Å². The van der Waals surface area contributed by atoms with Crippen LogP contribution in [-0.4, -0.2) is 9.97 Å². The highest BCUT2D eigenvalue weighted by Crippen LogP contribution is 2.47. The van der Waals surface area contributed by atoms with Gasteiger partial charge in [0.1, 0.15) is 0 Å². The van der Waals surface area contributed by atoms with Crippen molar-refractivity contribution in [2.45, 2.75) is 11.8 Å². The number of fused-ring (bicyclic) bond motifs is 6. The van der Waals surface area contributed by atoms with Crippen molar-refractivity contribution in [3.8, 4) is 0 Å². The van der Waals surface area contributed by atoms with Crippen LogP contribution in [0.15, 0.2) is 133 Å². The van der Waals surface area contributed by atoms with Crippen LogP contribution >= 0.6 is 0 Å². The van der Waals surface area contributed by atoms with Gasteiger partial charge in [-0.15, -0.1) is 0 Å². The van der Waals surface area contributed by atoms with E-state index in [2.05, 4.69) is 143 Å². The van der Waals surface area contributed by atoms with Crippen LogP contribution in [0.1, 0.15) is 23.1 Å². The summed E-state index contributed by atoms with van der Waals surface area (Å²) >= 11 is 0. The first-order chi connectivity index (χ1) is 18.8. The fourth-order valence-electron chi connectivity index (χ4n) is 6.52. The van der Waals surface area contributed by atoms with Gasteiger partial charge in [-0.2, -0.15) is 0 Å². The lowest BCUT2D eigenvalue weighted by molar-refractivity contribution is 0.659. The van der Waals surface area contributed by atoms with E-state index >= 15 is 0 Å². The molecule has 8 rings (SSSR count). The molecule has 38 heavy (non-hydrogen) atoms. The summed E-state index contributed by atoms with van der Waals surface area (Å²) in [6.07, 6.45) is 8.05. The zero-order chi connectivity index (χ0) is 25.1. The van der Waals surface area contributed by atoms with Crippen LogP contribution in [-0.2, 0) is 5.41 Å². The number of hydrogen-bond acceptors (Lipinski definition) is 0. The highest BCUT2D eigenvalue weighted by Gasteiger charge is 2.36. The zero-order valence-electron chi connectivity index (χ0n) is 20.9. The average molecular weight is 487 g/mol. The van der Waals surface area contributed by atoms with E-state index in [0.29, 0.717) is 0 Å². The van der Waals surface area contributed by atoms with Gasteiger partial charge in [0, 0.05) is 38.0 Å². The molecule has 2 nitrogen and oxygen atoms in total. The molecular weight excluding hydrogens is 460 g/mol. The minimum Gasteiger partial charge on any atom is -0.354 e. The summed E-state index contributed by atoms with van der Waals surface area (Å²) in [5.41, 5.74) is 9.57. The number of para-hydroxylation sites is 4. The molecule has 0 spiro atoms. The predicted octanol–water partition coefficient (Wildman–Crippen LogP) is 9.29. The smallest absolute Gasteiger partial charge is 0.0509 e. The predicted molar refractivity (Wildman–Crippen MR) is 161 cm³/mol. The molecule has 0 amide bonds. The minimum absolute atomic E-state index is 0.334. The molecular formula is C36H26N2. The fraction of sp³-hybridized carbons (Fsp3) is 0.0556. The van der Waals surface area contributed by atoms with Crippen molar-refractivity contribution in [3.63, 3.8) is 0 Å². The normalized spacial score (nSPS) is 15.0. The number of H-pyrrole nitrogens is 2. The molecule has 180 valence electrons. The van der Waals surface area contributed by atoms with Crippen molar-refractivity contribution in [3.05, 3.63) is 150 Å². The largest absolute Gasteiger partial charge is 0.354 e. The van der Waals surface area contributed by atoms with Gasteiger partial charge in [-0.3, -0.25) is 0 Å². The lowest BCUT2D eigenvalue weighted by atomic mass is 9.68. The SMILES string of the molecule is C1=CC(c2cccc3c2[nH]c2ccccc23)(c2cccc3c2[nH]c2ccccc23)CC=C1c1ccccc1. The monoisotopic (exact) mass is 486 g/mol. The van der Waals surface area contributed by atoms with Gasteiger partial charge in [0.15, 0.2) is 0 Å². The number of rotatable bonds is 3. The van der Waals surface area contributed by atoms with E-state index in [9.17, 15) is 0 Å². The molecule has 0 saturated carbocycles. The molecule has 7 aromatic rings. The van der Waals surface area contributed by atoms with Crippen LogP contribution in [0.25, 0.3) is 49.2 Å². The third kappa shape index (κ3) is 3.01. The molecule has 0 unspecified atom stereocenters. The van der Waals surface area contributed by atoms with Crippen LogP contribution in [0.5, 0.6) is 0 Å². The highest BCUT2D eigenvalue weighted by molar-refractivity contribution is 6.11. The maximum Gasteiger partial charge on any atom is 0.0509 e. The summed E-state index contributed by atoms with van der Waals surface area (Å²) in [6.45, 7) is 0. The number of benzene rings is 5. The van der Waals surface area contributed by atoms with Gasteiger partial charge in [-0.1, -0.05) is 121 Å². The summed E-state index contributed by atoms with van der Waals surface area (Å²) in [4.78, 5) is 7.58. The molecule has 0 bridgehead atoms.